The van der Waals surface area contributed by atoms with Gasteiger partial charge in [0.25, 0.3) is 5.91 Å². The average molecular weight is 1960 g/mol. The molecule has 41 nitrogen and oxygen atoms in total. The number of carboxylic acids is 1. The number of carboxylic acid groups (broad SMARTS) is 1. The minimum absolute atomic E-state index is 0. The number of nitrogens with zero attached hydrogens (tertiary/aromatic N) is 18. The van der Waals surface area contributed by atoms with Gasteiger partial charge in [0, 0.05) is 34.7 Å². The number of aromatic nitrogens is 9. The van der Waals surface area contributed by atoms with Crippen molar-refractivity contribution in [3.8, 4) is 0 Å². The van der Waals surface area contributed by atoms with Crippen LogP contribution in [-0.2, 0) is 98.5 Å². The molecule has 0 aromatic carbocycles. The summed E-state index contributed by atoms with van der Waals surface area (Å²) in [7, 11) is 4.81. The van der Waals surface area contributed by atoms with E-state index in [0.717, 1.165) is 31.2 Å². The zero-order valence-corrected chi connectivity index (χ0v) is 78.3. The van der Waals surface area contributed by atoms with Crippen molar-refractivity contribution in [3.63, 3.8) is 0 Å². The maximum absolute atomic E-state index is 11.5. The zero-order valence-electron chi connectivity index (χ0n) is 65.9. The number of ketones is 3. The molecule has 9 unspecified atom stereocenters. The maximum atomic E-state index is 11.5. The van der Waals surface area contributed by atoms with Crippen LogP contribution in [0.2, 0.25) is 14.8 Å². The average Bonchev–Trinajstić information content (AvgIpc) is 1.67. The molecule has 1 radical (unpaired) electrons. The molecule has 0 spiro atoms. The third-order valence-electron chi connectivity index (χ3n) is 13.3. The molecule has 9 heterocycles. The van der Waals surface area contributed by atoms with Crippen LogP contribution in [0, 0.1) is 0 Å². The molecule has 9 rings (SSSR count). The fourth-order valence-corrected chi connectivity index (χ4v) is 9.66. The van der Waals surface area contributed by atoms with E-state index in [0.29, 0.717) is 68.9 Å². The molecule has 54 heteroatoms. The van der Waals surface area contributed by atoms with Crippen LogP contribution in [0.25, 0.3) is 0 Å². The number of hydrazine groups is 1. The normalized spacial score (nSPS) is 20.7. The molecule has 0 bridgehead atoms. The van der Waals surface area contributed by atoms with Crippen LogP contribution in [0.1, 0.15) is 161 Å². The van der Waals surface area contributed by atoms with Crippen LogP contribution >= 0.6 is 127 Å². The number of hydrogen-bond acceptors (Lipinski definition) is 43. The first-order chi connectivity index (χ1) is 52.8. The number of alkyl halides is 2. The number of Topliss-reactive ketones (excluding diaryl/α,β-unsaturated/α-hetero) is 3. The van der Waals surface area contributed by atoms with Gasteiger partial charge in [0.15, 0.2) is 27.4 Å². The topological polar surface area (TPSA) is 606 Å². The van der Waals surface area contributed by atoms with Gasteiger partial charge < -0.3 is 60.1 Å². The summed E-state index contributed by atoms with van der Waals surface area (Å²) in [5.41, 5.74) is 7.64. The fraction of sp³-hybridized carbons (Fsp3) is 0.639. The number of nitrogens with two attached hydrogens (primary N) is 2. The number of amidine groups is 3. The third-order valence-corrected chi connectivity index (χ3v) is 17.3. The summed E-state index contributed by atoms with van der Waals surface area (Å²) < 4.78 is 48.4. The van der Waals surface area contributed by atoms with Crippen molar-refractivity contribution in [2.24, 2.45) is 57.2 Å². The summed E-state index contributed by atoms with van der Waals surface area (Å²) in [6.45, 7) is 22.4. The van der Waals surface area contributed by atoms with Gasteiger partial charge in [-0.15, -0.1) is 45.9 Å². The summed E-state index contributed by atoms with van der Waals surface area (Å²) in [6, 6.07) is -3.08. The molecule has 1 amide bonds. The Morgan fingerprint density at radius 1 is 0.643 bits per heavy atom. The summed E-state index contributed by atoms with van der Waals surface area (Å²) in [4.78, 5) is 128. The van der Waals surface area contributed by atoms with E-state index >= 15 is 0 Å². The van der Waals surface area contributed by atoms with Gasteiger partial charge >= 0.3 is 78.5 Å². The first-order valence-corrected chi connectivity index (χ1v) is 53.1. The van der Waals surface area contributed by atoms with Gasteiger partial charge in [-0.2, -0.15) is 28.8 Å². The van der Waals surface area contributed by atoms with Gasteiger partial charge in [0.05, 0.1) is 26.4 Å². The second-order valence-corrected chi connectivity index (χ2v) is 40.5. The van der Waals surface area contributed by atoms with E-state index in [2.05, 4.69) is 169 Å². The molecular formula is C61H98Cl4N21O20S8Sn. The first kappa shape index (κ1) is 116. The van der Waals surface area contributed by atoms with Crippen LogP contribution < -0.4 is 17.0 Å². The molecule has 0 fully saturated rings. The monoisotopic (exact) mass is 1960 g/mol. The second kappa shape index (κ2) is 59.9. The second-order valence-electron chi connectivity index (χ2n) is 22.3. The van der Waals surface area contributed by atoms with Crippen LogP contribution in [0.15, 0.2) is 61.1 Å². The molecule has 0 aliphatic carbocycles. The Morgan fingerprint density at radius 2 is 1.05 bits per heavy atom. The Morgan fingerprint density at radius 3 is 1.43 bits per heavy atom. The van der Waals surface area contributed by atoms with Gasteiger partial charge in [-0.1, -0.05) is 129 Å². The summed E-state index contributed by atoms with van der Waals surface area (Å²) in [5.74, 6) is -1.40. The number of aliphatic hydroxyl groups is 1. The molecule has 9 N–H and O–H groups in total. The number of amides is 1. The molecule has 647 valence electrons. The summed E-state index contributed by atoms with van der Waals surface area (Å²) in [6.07, 6.45) is 13.0. The molecule has 115 heavy (non-hydrogen) atoms. The number of aliphatic hydroxyl groups excluding tert-OH is 1. The Kier molecular flexibility index (Phi) is 60.3. The van der Waals surface area contributed by atoms with Crippen LogP contribution in [0.3, 0.4) is 0 Å². The van der Waals surface area contributed by atoms with Crippen molar-refractivity contribution in [3.05, 3.63) is 34.2 Å². The number of carbonyl (C=O) groups is 9. The fourth-order valence-electron chi connectivity index (χ4n) is 7.13. The Balaban J connectivity index is -0.000000602. The van der Waals surface area contributed by atoms with Gasteiger partial charge in [-0.25, -0.2) is 54.8 Å². The number of aliphatic imine (C=N–C) groups is 3. The predicted molar refractivity (Wildman–Crippen MR) is 450 cm³/mol. The first-order valence-electron chi connectivity index (χ1n) is 32.7. The van der Waals surface area contributed by atoms with Crippen molar-refractivity contribution in [2.75, 3.05) is 57.4 Å². The molecule has 9 atom stereocenters. The van der Waals surface area contributed by atoms with Crippen molar-refractivity contribution < 1.29 is 95.7 Å². The number of carbonyl (C=O) groups excluding carboxylic acids is 8. The third kappa shape index (κ3) is 43.3. The quantitative estimate of drug-likeness (QED) is 0.00769. The van der Waals surface area contributed by atoms with Crippen molar-refractivity contribution in [1.82, 2.24) is 51.0 Å². The molecule has 3 aromatic heterocycles. The van der Waals surface area contributed by atoms with E-state index in [1.54, 1.807) is 40.2 Å². The molecule has 6 aliphatic heterocycles. The van der Waals surface area contributed by atoms with Gasteiger partial charge in [0.2, 0.25) is 61.2 Å². The number of nitrogens with one attached hydrogen (secondary N) is 1. The van der Waals surface area contributed by atoms with Gasteiger partial charge in [-0.05, 0) is 117 Å². The van der Waals surface area contributed by atoms with E-state index in [1.807, 2.05) is 65.1 Å². The summed E-state index contributed by atoms with van der Waals surface area (Å²) in [5, 5.41) is 66.6. The molecule has 6 aliphatic rings. The number of azo groups is 3. The Labute approximate surface area is 723 Å². The van der Waals surface area contributed by atoms with E-state index in [4.69, 9.17) is 61.4 Å². The van der Waals surface area contributed by atoms with E-state index < -0.39 is 122 Å². The standard InChI is InChI=1S/C9H13N3O2S.C9H11N3O2S.C9H13N3OS.C7H10ClN3O2S.C7H9N3O3S.C6H8O4.C5H6ClN3O2S.C4H8O.CH5N3S.CH4.3CH3.Cl2O2S.H2O.Sn/c2*1-4-9(2)6-5(7(13)14-9)11-12-8(10-6)15-3;1-4-9(2)7-6(5-13-9)11-12-8(10-7)14-3;1-3-13-6(12)4-5(8)9-7(14-2)11-10-4;1-3-13-6(12)4-5(11)8-7(14-2)10-9-4;1-3-10-6(9)5(8)4(2)7;1-12-5-7-3(6)2(4(10)11)8-9-5;1-3-4(2)5;2-1(5)4-3;;;;;1-5(2,3)4;;/h7,13H,4H2,1-3H3;4H2,1-3H3;4-5H2,1-3H3;4-5H,3H2,1-2H3;4H,3H2,1-2H3;3H2,1-2H3;2-3H,1H3,(H,10,11);3H2,1-2H3;3H2,(H3,2,4,5);1H4;3*1H3;;1H2;. The summed E-state index contributed by atoms with van der Waals surface area (Å²) >= 11 is 23.3. The van der Waals surface area contributed by atoms with Gasteiger partial charge in [-0.3, -0.25) is 14.4 Å². The number of thioether (sulfide) groups is 6. The number of fused-ring (bicyclic) bond motifs is 3. The van der Waals surface area contributed by atoms with E-state index in [9.17, 15) is 48.3 Å². The van der Waals surface area contributed by atoms with Crippen LogP contribution in [0.5, 0.6) is 0 Å². The SMILES string of the molecule is C.CCC(C)=O.CCC1(C)OC(=O)c2nnc(SC)nc21.CCC1(C)OC(O)c2nnc(SC)nc21.CCC1(C)OCc2nnc(SC)nc21.CCOC(=O)C(=O)C(C)=O.CCOC(=O)C1N=NC(SC)=NC1=O.CCOC(=O)C1N=NC(SC)=NC1Cl.CSC1=NC(Cl)C(C(=O)O)N=N1.NNC(N)=S.O.O=S(=O)(Cl)Cl.[CH3][Sn]([CH3])[CH3]. The molecule has 0 saturated heterocycles. The zero-order chi connectivity index (χ0) is 87.3. The predicted octanol–water partition coefficient (Wildman–Crippen LogP) is 9.14. The van der Waals surface area contributed by atoms with Crippen LogP contribution in [0.4, 0.5) is 0 Å². The molecule has 3 aromatic rings. The van der Waals surface area contributed by atoms with Crippen molar-refractivity contribution in [2.45, 2.75) is 205 Å². The number of aliphatic carboxylic acids is 1. The molecule has 0 saturated carbocycles. The Hall–Kier alpha value is -5.63. The Bertz CT molecular complexity index is 3990. The molecular weight excluding hydrogens is 1860 g/mol. The van der Waals surface area contributed by atoms with Crippen molar-refractivity contribution in [1.29, 1.82) is 0 Å². The van der Waals surface area contributed by atoms with E-state index in [1.165, 1.54) is 70.6 Å². The number of hydrogen-bond donors (Lipinski definition) is 5. The van der Waals surface area contributed by atoms with E-state index in [-0.39, 0.29) is 53.5 Å². The van der Waals surface area contributed by atoms with Crippen LogP contribution in [-0.4, -0.2) is 250 Å². The van der Waals surface area contributed by atoms with Gasteiger partial charge in [0.1, 0.15) is 45.5 Å². The number of cyclic esters (lactones) is 1. The van der Waals surface area contributed by atoms with Crippen molar-refractivity contribution >= 4 is 229 Å². The number of ether oxygens (including phenoxy) is 6. The number of esters is 4. The number of thiocarbonyl (C=S) groups is 1. The number of rotatable bonds is 15. The minimum atomic E-state index is -3.72. The number of halogens is 4.